The molecule has 1 saturated heterocycles. The number of hydrogen-bond donors (Lipinski definition) is 1. The Morgan fingerprint density at radius 2 is 1.88 bits per heavy atom. The van der Waals surface area contributed by atoms with E-state index in [1.165, 1.54) is 0 Å². The zero-order valence-corrected chi connectivity index (χ0v) is 17.3. The number of hydrogen-bond acceptors (Lipinski definition) is 5. The van der Waals surface area contributed by atoms with Gasteiger partial charge in [0.05, 0.1) is 16.9 Å². The van der Waals surface area contributed by atoms with E-state index in [2.05, 4.69) is 10.3 Å². The number of ether oxygens (including phenoxy) is 1. The lowest BCUT2D eigenvalue weighted by atomic mass is 9.87. The van der Waals surface area contributed by atoms with Crippen LogP contribution in [0.25, 0.3) is 0 Å². The molecule has 0 unspecified atom stereocenters. The summed E-state index contributed by atoms with van der Waals surface area (Å²) < 4.78 is 30.1. The largest absolute Gasteiger partial charge is 0.460 e. The summed E-state index contributed by atoms with van der Waals surface area (Å²) in [4.78, 5) is 18.2. The van der Waals surface area contributed by atoms with Crippen LogP contribution in [0, 0.1) is 0 Å². The van der Waals surface area contributed by atoms with E-state index >= 15 is 0 Å². The molecule has 0 amide bonds. The number of carbonyl (C=O) groups excluding carboxylic acids is 1. The Bertz CT molecular complexity index is 631. The average Bonchev–Trinajstić information content (AvgIpc) is 2.54. The molecule has 7 nitrogen and oxygen atoms in total. The van der Waals surface area contributed by atoms with E-state index < -0.39 is 20.2 Å². The second-order valence-electron chi connectivity index (χ2n) is 8.29. The van der Waals surface area contributed by atoms with Crippen molar-refractivity contribution in [3.8, 4) is 0 Å². The summed E-state index contributed by atoms with van der Waals surface area (Å²) in [5.74, 6) is 0.568. The smallest absolute Gasteiger partial charge is 0.308 e. The first-order chi connectivity index (χ1) is 12.1. The molecule has 1 spiro atoms. The van der Waals surface area contributed by atoms with Crippen molar-refractivity contribution < 1.29 is 17.9 Å². The number of aliphatic imine (C=N–C) groups is 1. The second-order valence-corrected chi connectivity index (χ2v) is 10.8. The predicted octanol–water partition coefficient (Wildman–Crippen LogP) is 1.73. The van der Waals surface area contributed by atoms with Crippen molar-refractivity contribution in [2.24, 2.45) is 4.99 Å². The van der Waals surface area contributed by atoms with Gasteiger partial charge in [-0.2, -0.15) is 0 Å². The first kappa shape index (κ1) is 21.0. The Hall–Kier alpha value is -1.31. The highest BCUT2D eigenvalue weighted by Crippen LogP contribution is 2.38. The van der Waals surface area contributed by atoms with E-state index in [1.807, 2.05) is 25.7 Å². The minimum Gasteiger partial charge on any atom is -0.460 e. The van der Waals surface area contributed by atoms with Gasteiger partial charge in [0, 0.05) is 26.7 Å². The zero-order valence-electron chi connectivity index (χ0n) is 16.5. The van der Waals surface area contributed by atoms with Gasteiger partial charge in [-0.1, -0.05) is 19.3 Å². The number of sulfone groups is 1. The third-order valence-electron chi connectivity index (χ3n) is 5.08. The number of nitrogens with zero attached hydrogens (tertiary/aromatic N) is 2. The molecule has 2 fully saturated rings. The molecule has 1 N–H and O–H groups in total. The van der Waals surface area contributed by atoms with E-state index in [1.54, 1.807) is 7.05 Å². The lowest BCUT2D eigenvalue weighted by Crippen LogP contribution is -2.60. The first-order valence-corrected chi connectivity index (χ1v) is 11.1. The minimum absolute atomic E-state index is 0.166. The molecular weight excluding hydrogens is 354 g/mol. The van der Waals surface area contributed by atoms with Gasteiger partial charge in [0.1, 0.15) is 5.60 Å². The van der Waals surface area contributed by atoms with Crippen LogP contribution in [-0.2, 0) is 19.4 Å². The quantitative estimate of drug-likeness (QED) is 0.451. The molecule has 2 aliphatic rings. The van der Waals surface area contributed by atoms with Gasteiger partial charge >= 0.3 is 5.97 Å². The van der Waals surface area contributed by atoms with Crippen LogP contribution in [0.1, 0.15) is 59.3 Å². The van der Waals surface area contributed by atoms with E-state index in [0.717, 1.165) is 32.1 Å². The van der Waals surface area contributed by atoms with Gasteiger partial charge in [0.2, 0.25) is 0 Å². The molecule has 1 aliphatic heterocycles. The van der Waals surface area contributed by atoms with Crippen molar-refractivity contribution in [3.63, 3.8) is 0 Å². The minimum atomic E-state index is -3.07. The maximum absolute atomic E-state index is 12.7. The van der Waals surface area contributed by atoms with Gasteiger partial charge in [-0.3, -0.25) is 9.79 Å². The zero-order chi connectivity index (χ0) is 19.4. The van der Waals surface area contributed by atoms with Crippen LogP contribution in [0.15, 0.2) is 4.99 Å². The summed E-state index contributed by atoms with van der Waals surface area (Å²) in [6.45, 7) is 6.87. The third-order valence-corrected chi connectivity index (χ3v) is 7.65. The number of esters is 1. The summed E-state index contributed by atoms with van der Waals surface area (Å²) >= 11 is 0. The molecule has 0 bridgehead atoms. The molecule has 1 heterocycles. The maximum Gasteiger partial charge on any atom is 0.308 e. The van der Waals surface area contributed by atoms with Gasteiger partial charge < -0.3 is 15.0 Å². The number of nitrogens with one attached hydrogen (secondary N) is 1. The van der Waals surface area contributed by atoms with Crippen molar-refractivity contribution >= 4 is 21.8 Å². The molecule has 0 aromatic carbocycles. The molecule has 0 aromatic heterocycles. The van der Waals surface area contributed by atoms with Crippen LogP contribution in [0.3, 0.4) is 0 Å². The van der Waals surface area contributed by atoms with Crippen LogP contribution in [0.2, 0.25) is 0 Å². The van der Waals surface area contributed by atoms with Crippen molar-refractivity contribution in [3.05, 3.63) is 0 Å². The highest BCUT2D eigenvalue weighted by atomic mass is 32.2. The highest BCUT2D eigenvalue weighted by Gasteiger charge is 2.48. The number of guanidine groups is 1. The molecule has 2 rings (SSSR count). The Labute approximate surface area is 157 Å². The molecule has 150 valence electrons. The lowest BCUT2D eigenvalue weighted by molar-refractivity contribution is -0.154. The standard InChI is InChI=1S/C18H33N3O4S/c1-17(2,3)25-15(22)8-11-20-16(19-4)21-12-13-26(23,24)18(14-21)9-6-5-7-10-18/h5-14H2,1-4H3,(H,19,20). The summed E-state index contributed by atoms with van der Waals surface area (Å²) in [5, 5.41) is 3.19. The molecule has 1 saturated carbocycles. The van der Waals surface area contributed by atoms with Crippen LogP contribution in [0.4, 0.5) is 0 Å². The van der Waals surface area contributed by atoms with E-state index in [4.69, 9.17) is 4.74 Å². The fourth-order valence-corrected chi connectivity index (χ4v) is 5.98. The SMILES string of the molecule is CN=C(NCCC(=O)OC(C)(C)C)N1CCS(=O)(=O)C2(CCCCC2)C1. The Kier molecular flexibility index (Phi) is 6.58. The van der Waals surface area contributed by atoms with Gasteiger partial charge in [0.25, 0.3) is 0 Å². The van der Waals surface area contributed by atoms with Crippen molar-refractivity contribution in [2.45, 2.75) is 69.6 Å². The lowest BCUT2D eigenvalue weighted by Gasteiger charge is -2.45. The van der Waals surface area contributed by atoms with Gasteiger partial charge in [-0.25, -0.2) is 8.42 Å². The van der Waals surface area contributed by atoms with Gasteiger partial charge in [-0.05, 0) is 33.6 Å². The molecule has 1 aliphatic carbocycles. The van der Waals surface area contributed by atoms with E-state index in [-0.39, 0.29) is 18.1 Å². The van der Waals surface area contributed by atoms with Crippen molar-refractivity contribution in [2.75, 3.05) is 32.4 Å². The van der Waals surface area contributed by atoms with Crippen molar-refractivity contribution in [1.82, 2.24) is 10.2 Å². The fraction of sp³-hybridized carbons (Fsp3) is 0.889. The first-order valence-electron chi connectivity index (χ1n) is 9.48. The van der Waals surface area contributed by atoms with Crippen LogP contribution in [-0.4, -0.2) is 68.0 Å². The molecule has 8 heteroatoms. The highest BCUT2D eigenvalue weighted by molar-refractivity contribution is 7.92. The summed E-state index contributed by atoms with van der Waals surface area (Å²) in [5.41, 5.74) is -0.493. The summed E-state index contributed by atoms with van der Waals surface area (Å²) in [6.07, 6.45) is 4.77. The Morgan fingerprint density at radius 1 is 1.23 bits per heavy atom. The maximum atomic E-state index is 12.7. The van der Waals surface area contributed by atoms with Crippen LogP contribution in [0.5, 0.6) is 0 Å². The van der Waals surface area contributed by atoms with Crippen LogP contribution < -0.4 is 5.32 Å². The molecular formula is C18H33N3O4S. The second kappa shape index (κ2) is 8.15. The predicted molar refractivity (Wildman–Crippen MR) is 103 cm³/mol. The van der Waals surface area contributed by atoms with E-state index in [0.29, 0.717) is 25.6 Å². The molecule has 0 radical (unpaired) electrons. The van der Waals surface area contributed by atoms with Crippen molar-refractivity contribution in [1.29, 1.82) is 0 Å². The monoisotopic (exact) mass is 387 g/mol. The van der Waals surface area contributed by atoms with E-state index in [9.17, 15) is 13.2 Å². The Morgan fingerprint density at radius 3 is 2.46 bits per heavy atom. The fourth-order valence-electron chi connectivity index (χ4n) is 3.82. The van der Waals surface area contributed by atoms with Crippen LogP contribution >= 0.6 is 0 Å². The average molecular weight is 388 g/mol. The molecule has 0 aromatic rings. The van der Waals surface area contributed by atoms with Gasteiger partial charge in [0.15, 0.2) is 15.8 Å². The molecule has 0 atom stereocenters. The molecule has 26 heavy (non-hydrogen) atoms. The topological polar surface area (TPSA) is 88.1 Å². The third kappa shape index (κ3) is 5.11. The number of carbonyl (C=O) groups is 1. The summed E-state index contributed by atoms with van der Waals surface area (Å²) in [6, 6.07) is 0. The number of rotatable bonds is 3. The van der Waals surface area contributed by atoms with Gasteiger partial charge in [-0.15, -0.1) is 0 Å². The summed E-state index contributed by atoms with van der Waals surface area (Å²) in [7, 11) is -1.39. The normalized spacial score (nSPS) is 22.9. The Balaban J connectivity index is 1.95.